The number of nitrogens with zero attached hydrogens (tertiary/aromatic N) is 1. The van der Waals surface area contributed by atoms with Crippen LogP contribution in [0, 0.1) is 5.95 Å². The Morgan fingerprint density at radius 1 is 1.47 bits per heavy atom. The predicted octanol–water partition coefficient (Wildman–Crippen LogP) is 2.73. The molecule has 0 aliphatic heterocycles. The molecular weight excluding hydrogens is 338 g/mol. The van der Waals surface area contributed by atoms with E-state index in [1.54, 1.807) is 0 Å². The van der Waals surface area contributed by atoms with Crippen LogP contribution in [0.5, 0.6) is 5.75 Å². The summed E-state index contributed by atoms with van der Waals surface area (Å²) < 4.78 is 58.0. The molecule has 0 N–H and O–H groups in total. The van der Waals surface area contributed by atoms with E-state index in [1.165, 1.54) is 0 Å². The molecule has 1 aromatic heterocycles. The number of halogens is 5. The van der Waals surface area contributed by atoms with Crippen LogP contribution in [0.15, 0.2) is 6.07 Å². The number of carbonyl (C=O) groups is 1. The molecule has 0 radical (unpaired) electrons. The van der Waals surface area contributed by atoms with Crippen LogP contribution >= 0.6 is 15.9 Å². The van der Waals surface area contributed by atoms with E-state index >= 15 is 0 Å². The lowest BCUT2D eigenvalue weighted by Crippen LogP contribution is -2.20. The first-order chi connectivity index (χ1) is 8.76. The second kappa shape index (κ2) is 6.18. The molecule has 0 aliphatic carbocycles. The largest absolute Gasteiger partial charge is 0.573 e. The summed E-state index contributed by atoms with van der Waals surface area (Å²) in [7, 11) is 1.05. The Kier molecular flexibility index (Phi) is 5.10. The fraction of sp³-hybridized carbons (Fsp3) is 0.400. The number of hydrogen-bond acceptors (Lipinski definition) is 4. The molecule has 19 heavy (non-hydrogen) atoms. The van der Waals surface area contributed by atoms with Crippen LogP contribution in [-0.4, -0.2) is 24.4 Å². The standard InChI is InChI=1S/C10H8BrF4NO3/c1-18-8(17)3-6-7(19-10(13,14)15)2-5(4-11)9(12)16-6/h2H,3-4H2,1H3. The van der Waals surface area contributed by atoms with Crippen molar-refractivity contribution in [1.29, 1.82) is 0 Å². The third kappa shape index (κ3) is 4.66. The summed E-state index contributed by atoms with van der Waals surface area (Å²) in [6, 6.07) is 0.836. The monoisotopic (exact) mass is 345 g/mol. The lowest BCUT2D eigenvalue weighted by Gasteiger charge is -2.13. The molecule has 0 atom stereocenters. The molecule has 0 unspecified atom stereocenters. The normalized spacial score (nSPS) is 11.3. The van der Waals surface area contributed by atoms with Crippen LogP contribution in [0.2, 0.25) is 0 Å². The summed E-state index contributed by atoms with van der Waals surface area (Å²) >= 11 is 2.90. The van der Waals surface area contributed by atoms with Crippen molar-refractivity contribution < 1.29 is 31.8 Å². The Morgan fingerprint density at radius 2 is 2.11 bits per heavy atom. The zero-order valence-corrected chi connectivity index (χ0v) is 11.1. The molecule has 0 aliphatic rings. The minimum atomic E-state index is -4.96. The number of hydrogen-bond donors (Lipinski definition) is 0. The molecule has 106 valence electrons. The van der Waals surface area contributed by atoms with Crippen molar-refractivity contribution in [1.82, 2.24) is 4.98 Å². The molecule has 9 heteroatoms. The Labute approximate surface area is 113 Å². The molecule has 0 bridgehead atoms. The summed E-state index contributed by atoms with van der Waals surface area (Å²) in [5.74, 6) is -2.57. The van der Waals surface area contributed by atoms with Gasteiger partial charge in [0, 0.05) is 10.9 Å². The summed E-state index contributed by atoms with van der Waals surface area (Å²) in [6.07, 6.45) is -5.59. The van der Waals surface area contributed by atoms with Gasteiger partial charge in [-0.3, -0.25) is 4.79 Å². The fourth-order valence-corrected chi connectivity index (χ4v) is 1.58. The van der Waals surface area contributed by atoms with E-state index in [0.29, 0.717) is 0 Å². The van der Waals surface area contributed by atoms with Gasteiger partial charge in [0.15, 0.2) is 5.75 Å². The van der Waals surface area contributed by atoms with Crippen molar-refractivity contribution in [3.63, 3.8) is 0 Å². The second-order valence-corrected chi connectivity index (χ2v) is 3.88. The number of esters is 1. The number of rotatable bonds is 4. The topological polar surface area (TPSA) is 48.4 Å². The van der Waals surface area contributed by atoms with E-state index < -0.39 is 36.1 Å². The van der Waals surface area contributed by atoms with E-state index in [1.807, 2.05) is 0 Å². The first-order valence-electron chi connectivity index (χ1n) is 4.83. The van der Waals surface area contributed by atoms with Gasteiger partial charge in [-0.25, -0.2) is 4.98 Å². The maximum absolute atomic E-state index is 13.4. The molecule has 0 saturated heterocycles. The first-order valence-corrected chi connectivity index (χ1v) is 5.95. The molecule has 0 saturated carbocycles. The molecule has 0 aromatic carbocycles. The average Bonchev–Trinajstić information content (AvgIpc) is 2.30. The lowest BCUT2D eigenvalue weighted by atomic mass is 10.2. The highest BCUT2D eigenvalue weighted by Gasteiger charge is 2.33. The van der Waals surface area contributed by atoms with Crippen LogP contribution in [0.4, 0.5) is 17.6 Å². The van der Waals surface area contributed by atoms with Crippen molar-refractivity contribution in [2.24, 2.45) is 0 Å². The zero-order chi connectivity index (χ0) is 14.6. The minimum Gasteiger partial charge on any atom is -0.469 e. The number of carbonyl (C=O) groups excluding carboxylic acids is 1. The molecule has 1 heterocycles. The van der Waals surface area contributed by atoms with Gasteiger partial charge in [-0.1, -0.05) is 15.9 Å². The van der Waals surface area contributed by atoms with Gasteiger partial charge < -0.3 is 9.47 Å². The van der Waals surface area contributed by atoms with Gasteiger partial charge in [-0.2, -0.15) is 4.39 Å². The van der Waals surface area contributed by atoms with Crippen molar-refractivity contribution in [3.05, 3.63) is 23.3 Å². The number of methoxy groups -OCH3 is 1. The van der Waals surface area contributed by atoms with Gasteiger partial charge in [0.05, 0.1) is 19.2 Å². The van der Waals surface area contributed by atoms with E-state index in [2.05, 4.69) is 30.4 Å². The molecule has 0 fully saturated rings. The third-order valence-corrected chi connectivity index (χ3v) is 2.60. The Morgan fingerprint density at radius 3 is 2.58 bits per heavy atom. The van der Waals surface area contributed by atoms with Crippen LogP contribution in [-0.2, 0) is 21.3 Å². The number of aromatic nitrogens is 1. The highest BCUT2D eigenvalue weighted by Crippen LogP contribution is 2.28. The Balaban J connectivity index is 3.18. The lowest BCUT2D eigenvalue weighted by molar-refractivity contribution is -0.275. The third-order valence-electron chi connectivity index (χ3n) is 2.00. The molecule has 4 nitrogen and oxygen atoms in total. The smallest absolute Gasteiger partial charge is 0.469 e. The van der Waals surface area contributed by atoms with E-state index in [4.69, 9.17) is 0 Å². The molecule has 0 spiro atoms. The Bertz CT molecular complexity index is 479. The van der Waals surface area contributed by atoms with E-state index in [9.17, 15) is 22.4 Å². The zero-order valence-electron chi connectivity index (χ0n) is 9.55. The number of pyridine rings is 1. The highest BCUT2D eigenvalue weighted by atomic mass is 79.9. The van der Waals surface area contributed by atoms with Crippen molar-refractivity contribution >= 4 is 21.9 Å². The first kappa shape index (κ1) is 15.7. The summed E-state index contributed by atoms with van der Waals surface area (Å²) in [4.78, 5) is 14.3. The van der Waals surface area contributed by atoms with Crippen LogP contribution in [0.3, 0.4) is 0 Å². The quantitative estimate of drug-likeness (QED) is 0.364. The minimum absolute atomic E-state index is 0.0431. The summed E-state index contributed by atoms with van der Waals surface area (Å²) in [5, 5.41) is -0.0431. The van der Waals surface area contributed by atoms with Crippen LogP contribution in [0.25, 0.3) is 0 Å². The van der Waals surface area contributed by atoms with Gasteiger partial charge in [-0.05, 0) is 6.07 Å². The Hall–Kier alpha value is -1.38. The maximum Gasteiger partial charge on any atom is 0.573 e. The predicted molar refractivity (Wildman–Crippen MR) is 59.2 cm³/mol. The van der Waals surface area contributed by atoms with Gasteiger partial charge in [0.1, 0.15) is 0 Å². The molecular formula is C10H8BrF4NO3. The molecule has 0 amide bonds. The molecule has 1 aromatic rings. The van der Waals surface area contributed by atoms with E-state index in [0.717, 1.165) is 13.2 Å². The highest BCUT2D eigenvalue weighted by molar-refractivity contribution is 9.08. The SMILES string of the molecule is COC(=O)Cc1nc(F)c(CBr)cc1OC(F)(F)F. The second-order valence-electron chi connectivity index (χ2n) is 3.32. The maximum atomic E-state index is 13.4. The van der Waals surface area contributed by atoms with Crippen LogP contribution < -0.4 is 4.74 Å². The summed E-state index contributed by atoms with van der Waals surface area (Å²) in [6.45, 7) is 0. The fourth-order valence-electron chi connectivity index (χ4n) is 1.19. The average molecular weight is 346 g/mol. The van der Waals surface area contributed by atoms with E-state index in [-0.39, 0.29) is 10.9 Å². The summed E-state index contributed by atoms with van der Waals surface area (Å²) in [5.41, 5.74) is -0.598. The number of alkyl halides is 4. The van der Waals surface area contributed by atoms with Crippen molar-refractivity contribution in [3.8, 4) is 5.75 Å². The van der Waals surface area contributed by atoms with Gasteiger partial charge in [-0.15, -0.1) is 13.2 Å². The van der Waals surface area contributed by atoms with Crippen LogP contribution in [0.1, 0.15) is 11.3 Å². The van der Waals surface area contributed by atoms with Gasteiger partial charge in [0.2, 0.25) is 5.95 Å². The van der Waals surface area contributed by atoms with Gasteiger partial charge in [0.25, 0.3) is 0 Å². The number of ether oxygens (including phenoxy) is 2. The van der Waals surface area contributed by atoms with Gasteiger partial charge >= 0.3 is 12.3 Å². The van der Waals surface area contributed by atoms with Crippen molar-refractivity contribution in [2.45, 2.75) is 18.1 Å². The van der Waals surface area contributed by atoms with Crippen molar-refractivity contribution in [2.75, 3.05) is 7.11 Å². The molecule has 1 rings (SSSR count).